The summed E-state index contributed by atoms with van der Waals surface area (Å²) in [5.41, 5.74) is 1.06. The minimum absolute atomic E-state index is 0.272. The molecule has 2 heteroatoms. The first-order valence-electron chi connectivity index (χ1n) is 5.70. The second kappa shape index (κ2) is 4.99. The standard InChI is InChI=1S/C14H17NO/c1-2-14(16)10-15-13-8-7-11-5-3-4-6-12(11)9-13/h3-9,14-16H,2,10H2,1H3. The largest absolute Gasteiger partial charge is 0.391 e. The smallest absolute Gasteiger partial charge is 0.0709 e. The van der Waals surface area contributed by atoms with Crippen LogP contribution in [0.4, 0.5) is 5.69 Å². The van der Waals surface area contributed by atoms with Crippen LogP contribution in [0.5, 0.6) is 0 Å². The van der Waals surface area contributed by atoms with Crippen LogP contribution in [0, 0.1) is 0 Å². The average Bonchev–Trinajstić information content (AvgIpc) is 2.35. The van der Waals surface area contributed by atoms with Gasteiger partial charge in [-0.3, -0.25) is 0 Å². The Balaban J connectivity index is 2.13. The predicted molar refractivity (Wildman–Crippen MR) is 68.7 cm³/mol. The zero-order valence-corrected chi connectivity index (χ0v) is 9.48. The Hall–Kier alpha value is -1.54. The first-order chi connectivity index (χ1) is 7.79. The summed E-state index contributed by atoms with van der Waals surface area (Å²) in [5.74, 6) is 0. The summed E-state index contributed by atoms with van der Waals surface area (Å²) in [6.45, 7) is 2.58. The molecule has 2 rings (SSSR count). The van der Waals surface area contributed by atoms with Crippen LogP contribution in [0.25, 0.3) is 10.8 Å². The topological polar surface area (TPSA) is 32.3 Å². The molecule has 0 spiro atoms. The number of hydrogen-bond acceptors (Lipinski definition) is 2. The van der Waals surface area contributed by atoms with Gasteiger partial charge in [0.1, 0.15) is 0 Å². The van der Waals surface area contributed by atoms with Gasteiger partial charge in [0.2, 0.25) is 0 Å². The summed E-state index contributed by atoms with van der Waals surface area (Å²) in [5, 5.41) is 15.2. The van der Waals surface area contributed by atoms with Crippen LogP contribution in [0.1, 0.15) is 13.3 Å². The molecule has 0 aliphatic heterocycles. The lowest BCUT2D eigenvalue weighted by atomic mass is 10.1. The molecule has 0 fully saturated rings. The van der Waals surface area contributed by atoms with Gasteiger partial charge in [0, 0.05) is 12.2 Å². The molecule has 2 aromatic carbocycles. The highest BCUT2D eigenvalue weighted by Crippen LogP contribution is 2.18. The molecular formula is C14H17NO. The van der Waals surface area contributed by atoms with Crippen molar-refractivity contribution in [3.05, 3.63) is 42.5 Å². The van der Waals surface area contributed by atoms with Gasteiger partial charge in [0.25, 0.3) is 0 Å². The van der Waals surface area contributed by atoms with Gasteiger partial charge in [-0.1, -0.05) is 37.3 Å². The fraction of sp³-hybridized carbons (Fsp3) is 0.286. The van der Waals surface area contributed by atoms with E-state index in [4.69, 9.17) is 0 Å². The highest BCUT2D eigenvalue weighted by molar-refractivity contribution is 5.85. The van der Waals surface area contributed by atoms with E-state index >= 15 is 0 Å². The number of nitrogens with one attached hydrogen (secondary N) is 1. The monoisotopic (exact) mass is 215 g/mol. The third-order valence-corrected chi connectivity index (χ3v) is 2.76. The molecule has 2 aromatic rings. The predicted octanol–water partition coefficient (Wildman–Crippen LogP) is 3.02. The third kappa shape index (κ3) is 2.52. The Morgan fingerprint density at radius 2 is 1.88 bits per heavy atom. The molecule has 0 aliphatic rings. The van der Waals surface area contributed by atoms with Gasteiger partial charge in [-0.05, 0) is 29.3 Å². The van der Waals surface area contributed by atoms with Crippen molar-refractivity contribution in [2.45, 2.75) is 19.4 Å². The quantitative estimate of drug-likeness (QED) is 0.821. The molecule has 0 saturated heterocycles. The highest BCUT2D eigenvalue weighted by Gasteiger charge is 2.00. The molecule has 0 bridgehead atoms. The van der Waals surface area contributed by atoms with Gasteiger partial charge in [0.15, 0.2) is 0 Å². The molecule has 16 heavy (non-hydrogen) atoms. The zero-order valence-electron chi connectivity index (χ0n) is 9.48. The van der Waals surface area contributed by atoms with Gasteiger partial charge in [0.05, 0.1) is 6.10 Å². The molecule has 2 nitrogen and oxygen atoms in total. The maximum atomic E-state index is 9.47. The maximum absolute atomic E-state index is 9.47. The van der Waals surface area contributed by atoms with Crippen molar-refractivity contribution >= 4 is 16.5 Å². The van der Waals surface area contributed by atoms with Crippen molar-refractivity contribution in [2.24, 2.45) is 0 Å². The normalized spacial score (nSPS) is 12.6. The SMILES string of the molecule is CCC(O)CNc1ccc2ccccc2c1. The van der Waals surface area contributed by atoms with E-state index in [1.165, 1.54) is 10.8 Å². The fourth-order valence-electron chi connectivity index (χ4n) is 1.68. The van der Waals surface area contributed by atoms with Crippen LogP contribution in [0.2, 0.25) is 0 Å². The minimum Gasteiger partial charge on any atom is -0.391 e. The Bertz CT molecular complexity index is 467. The van der Waals surface area contributed by atoms with E-state index in [0.29, 0.717) is 6.54 Å². The lowest BCUT2D eigenvalue weighted by molar-refractivity contribution is 0.183. The first kappa shape index (κ1) is 11.0. The van der Waals surface area contributed by atoms with E-state index in [1.54, 1.807) is 0 Å². The summed E-state index contributed by atoms with van der Waals surface area (Å²) >= 11 is 0. The van der Waals surface area contributed by atoms with Gasteiger partial charge < -0.3 is 10.4 Å². The van der Waals surface area contributed by atoms with Crippen LogP contribution < -0.4 is 5.32 Å². The van der Waals surface area contributed by atoms with Crippen molar-refractivity contribution in [1.29, 1.82) is 0 Å². The Labute approximate surface area is 95.9 Å². The maximum Gasteiger partial charge on any atom is 0.0709 e. The Morgan fingerprint density at radius 3 is 2.62 bits per heavy atom. The number of aliphatic hydroxyl groups is 1. The van der Waals surface area contributed by atoms with Crippen LogP contribution >= 0.6 is 0 Å². The van der Waals surface area contributed by atoms with Crippen molar-refractivity contribution in [1.82, 2.24) is 0 Å². The molecule has 0 aliphatic carbocycles. The number of aliphatic hydroxyl groups excluding tert-OH is 1. The van der Waals surface area contributed by atoms with E-state index in [2.05, 4.69) is 29.6 Å². The number of anilines is 1. The summed E-state index contributed by atoms with van der Waals surface area (Å²) in [7, 11) is 0. The number of fused-ring (bicyclic) bond motifs is 1. The Kier molecular flexibility index (Phi) is 3.42. The third-order valence-electron chi connectivity index (χ3n) is 2.76. The van der Waals surface area contributed by atoms with E-state index in [0.717, 1.165) is 12.1 Å². The van der Waals surface area contributed by atoms with Gasteiger partial charge in [-0.25, -0.2) is 0 Å². The summed E-state index contributed by atoms with van der Waals surface area (Å²) < 4.78 is 0. The molecule has 2 N–H and O–H groups in total. The van der Waals surface area contributed by atoms with Crippen molar-refractivity contribution in [3.8, 4) is 0 Å². The molecular weight excluding hydrogens is 198 g/mol. The van der Waals surface area contributed by atoms with Crippen molar-refractivity contribution < 1.29 is 5.11 Å². The van der Waals surface area contributed by atoms with Crippen molar-refractivity contribution in [3.63, 3.8) is 0 Å². The molecule has 0 heterocycles. The van der Waals surface area contributed by atoms with Crippen LogP contribution in [-0.4, -0.2) is 17.8 Å². The molecule has 0 aromatic heterocycles. The van der Waals surface area contributed by atoms with Crippen LogP contribution in [0.15, 0.2) is 42.5 Å². The molecule has 1 atom stereocenters. The van der Waals surface area contributed by atoms with E-state index in [1.807, 2.05) is 25.1 Å². The zero-order chi connectivity index (χ0) is 11.4. The first-order valence-corrected chi connectivity index (χ1v) is 5.70. The lowest BCUT2D eigenvalue weighted by Crippen LogP contribution is -2.18. The minimum atomic E-state index is -0.272. The number of benzene rings is 2. The molecule has 1 unspecified atom stereocenters. The van der Waals surface area contributed by atoms with E-state index in [9.17, 15) is 5.11 Å². The summed E-state index contributed by atoms with van der Waals surface area (Å²) in [4.78, 5) is 0. The number of rotatable bonds is 4. The molecule has 0 saturated carbocycles. The Morgan fingerprint density at radius 1 is 1.12 bits per heavy atom. The average molecular weight is 215 g/mol. The van der Waals surface area contributed by atoms with E-state index in [-0.39, 0.29) is 6.10 Å². The molecule has 0 amide bonds. The van der Waals surface area contributed by atoms with E-state index < -0.39 is 0 Å². The van der Waals surface area contributed by atoms with Gasteiger partial charge >= 0.3 is 0 Å². The van der Waals surface area contributed by atoms with Crippen molar-refractivity contribution in [2.75, 3.05) is 11.9 Å². The summed E-state index contributed by atoms with van der Waals surface area (Å²) in [6.07, 6.45) is 0.507. The second-order valence-corrected chi connectivity index (χ2v) is 4.00. The van der Waals surface area contributed by atoms with Crippen LogP contribution in [-0.2, 0) is 0 Å². The molecule has 0 radical (unpaired) electrons. The number of hydrogen-bond donors (Lipinski definition) is 2. The lowest BCUT2D eigenvalue weighted by Gasteiger charge is -2.11. The van der Waals surface area contributed by atoms with Gasteiger partial charge in [-0.15, -0.1) is 0 Å². The van der Waals surface area contributed by atoms with Crippen LogP contribution in [0.3, 0.4) is 0 Å². The molecule has 84 valence electrons. The van der Waals surface area contributed by atoms with Gasteiger partial charge in [-0.2, -0.15) is 0 Å². The highest BCUT2D eigenvalue weighted by atomic mass is 16.3. The summed E-state index contributed by atoms with van der Waals surface area (Å²) in [6, 6.07) is 14.5. The second-order valence-electron chi connectivity index (χ2n) is 4.00. The fourth-order valence-corrected chi connectivity index (χ4v) is 1.68.